The van der Waals surface area contributed by atoms with Gasteiger partial charge in [0.05, 0.1) is 12.1 Å². The molecular formula is C15H24N2O. The van der Waals surface area contributed by atoms with E-state index in [2.05, 4.69) is 42.7 Å². The van der Waals surface area contributed by atoms with E-state index in [1.54, 1.807) is 7.11 Å². The molecule has 0 radical (unpaired) electrons. The Morgan fingerprint density at radius 3 is 2.67 bits per heavy atom. The minimum absolute atomic E-state index is 0.221. The van der Waals surface area contributed by atoms with E-state index >= 15 is 0 Å². The van der Waals surface area contributed by atoms with Crippen LogP contribution in [0.5, 0.6) is 0 Å². The topological polar surface area (TPSA) is 47.3 Å². The summed E-state index contributed by atoms with van der Waals surface area (Å²) < 4.78 is 5.59. The molecule has 1 aromatic rings. The molecule has 1 saturated carbocycles. The van der Waals surface area contributed by atoms with E-state index in [0.717, 1.165) is 12.8 Å². The van der Waals surface area contributed by atoms with Gasteiger partial charge in [-0.2, -0.15) is 0 Å². The van der Waals surface area contributed by atoms with Crippen molar-refractivity contribution in [1.29, 1.82) is 0 Å². The summed E-state index contributed by atoms with van der Waals surface area (Å²) in [5.74, 6) is 6.98. The van der Waals surface area contributed by atoms with Crippen LogP contribution in [-0.2, 0) is 4.74 Å². The van der Waals surface area contributed by atoms with Crippen LogP contribution in [0.15, 0.2) is 30.3 Å². The standard InChI is InChI=1S/C15H24N2O/c1-3-7-14(18-2)15(17-16)13-10-12(13)11-8-5-4-6-9-11/h4-6,8-9,12-15,17H,3,7,10,16H2,1-2H3. The van der Waals surface area contributed by atoms with Gasteiger partial charge in [0.2, 0.25) is 0 Å². The van der Waals surface area contributed by atoms with Crippen LogP contribution in [0, 0.1) is 5.92 Å². The van der Waals surface area contributed by atoms with Crippen molar-refractivity contribution in [1.82, 2.24) is 5.43 Å². The summed E-state index contributed by atoms with van der Waals surface area (Å²) in [5, 5.41) is 0. The van der Waals surface area contributed by atoms with Gasteiger partial charge in [-0.1, -0.05) is 43.7 Å². The number of rotatable bonds is 7. The lowest BCUT2D eigenvalue weighted by Gasteiger charge is -2.25. The number of ether oxygens (including phenoxy) is 1. The smallest absolute Gasteiger partial charge is 0.0740 e. The summed E-state index contributed by atoms with van der Waals surface area (Å²) in [5.41, 5.74) is 4.40. The summed E-state index contributed by atoms with van der Waals surface area (Å²) in [4.78, 5) is 0. The Morgan fingerprint density at radius 2 is 2.11 bits per heavy atom. The van der Waals surface area contributed by atoms with Crippen molar-refractivity contribution in [2.75, 3.05) is 7.11 Å². The number of hydrogen-bond donors (Lipinski definition) is 2. The van der Waals surface area contributed by atoms with Crippen LogP contribution < -0.4 is 11.3 Å². The molecule has 3 N–H and O–H groups in total. The lowest BCUT2D eigenvalue weighted by Crippen LogP contribution is -2.46. The lowest BCUT2D eigenvalue weighted by atomic mass is 9.99. The second kappa shape index (κ2) is 6.32. The van der Waals surface area contributed by atoms with Crippen molar-refractivity contribution in [3.05, 3.63) is 35.9 Å². The summed E-state index contributed by atoms with van der Waals surface area (Å²) in [6.07, 6.45) is 3.62. The van der Waals surface area contributed by atoms with Crippen LogP contribution in [0.4, 0.5) is 0 Å². The van der Waals surface area contributed by atoms with Gasteiger partial charge in [-0.15, -0.1) is 0 Å². The molecule has 1 aliphatic carbocycles. The van der Waals surface area contributed by atoms with Crippen molar-refractivity contribution in [3.8, 4) is 0 Å². The summed E-state index contributed by atoms with van der Waals surface area (Å²) in [6.45, 7) is 2.18. The Balaban J connectivity index is 1.99. The van der Waals surface area contributed by atoms with Crippen LogP contribution in [0.25, 0.3) is 0 Å². The van der Waals surface area contributed by atoms with Crippen LogP contribution in [-0.4, -0.2) is 19.3 Å². The Kier molecular flexibility index (Phi) is 4.75. The van der Waals surface area contributed by atoms with Gasteiger partial charge in [0.15, 0.2) is 0 Å². The fourth-order valence-corrected chi connectivity index (χ4v) is 2.93. The Hall–Kier alpha value is -0.900. The fraction of sp³-hybridized carbons (Fsp3) is 0.600. The molecule has 1 aliphatic rings. The molecule has 0 amide bonds. The minimum atomic E-state index is 0.221. The molecule has 4 unspecified atom stereocenters. The molecule has 0 aromatic heterocycles. The number of hydrogen-bond acceptors (Lipinski definition) is 3. The van der Waals surface area contributed by atoms with E-state index < -0.39 is 0 Å². The maximum atomic E-state index is 5.73. The van der Waals surface area contributed by atoms with Crippen LogP contribution in [0.1, 0.15) is 37.7 Å². The highest BCUT2D eigenvalue weighted by Gasteiger charge is 2.46. The van der Waals surface area contributed by atoms with E-state index in [0.29, 0.717) is 11.8 Å². The zero-order chi connectivity index (χ0) is 13.0. The van der Waals surface area contributed by atoms with Gasteiger partial charge in [0.25, 0.3) is 0 Å². The highest BCUT2D eigenvalue weighted by molar-refractivity contribution is 5.27. The van der Waals surface area contributed by atoms with Gasteiger partial charge in [-0.3, -0.25) is 11.3 Å². The lowest BCUT2D eigenvalue weighted by molar-refractivity contribution is 0.0532. The van der Waals surface area contributed by atoms with Gasteiger partial charge in [0, 0.05) is 7.11 Å². The first-order chi connectivity index (χ1) is 8.81. The molecule has 0 bridgehead atoms. The minimum Gasteiger partial charge on any atom is -0.380 e. The van der Waals surface area contributed by atoms with E-state index in [4.69, 9.17) is 10.6 Å². The number of nitrogens with one attached hydrogen (secondary N) is 1. The Labute approximate surface area is 110 Å². The second-order valence-electron chi connectivity index (χ2n) is 5.17. The molecule has 1 fully saturated rings. The van der Waals surface area contributed by atoms with Crippen molar-refractivity contribution in [2.24, 2.45) is 11.8 Å². The number of methoxy groups -OCH3 is 1. The van der Waals surface area contributed by atoms with Crippen LogP contribution in [0.2, 0.25) is 0 Å². The van der Waals surface area contributed by atoms with Gasteiger partial charge in [-0.25, -0.2) is 0 Å². The first kappa shape index (κ1) is 13.5. The largest absolute Gasteiger partial charge is 0.380 e. The number of nitrogens with two attached hydrogens (primary N) is 1. The highest BCUT2D eigenvalue weighted by Crippen LogP contribution is 2.50. The molecule has 0 spiro atoms. The van der Waals surface area contributed by atoms with Gasteiger partial charge in [-0.05, 0) is 30.2 Å². The second-order valence-corrected chi connectivity index (χ2v) is 5.17. The highest BCUT2D eigenvalue weighted by atomic mass is 16.5. The molecule has 0 heterocycles. The van der Waals surface area contributed by atoms with Gasteiger partial charge in [0.1, 0.15) is 0 Å². The van der Waals surface area contributed by atoms with Crippen molar-refractivity contribution in [3.63, 3.8) is 0 Å². The van der Waals surface area contributed by atoms with E-state index in [-0.39, 0.29) is 12.1 Å². The molecule has 4 atom stereocenters. The van der Waals surface area contributed by atoms with Gasteiger partial charge >= 0.3 is 0 Å². The SMILES string of the molecule is CCCC(OC)C(NN)C1CC1c1ccccc1. The first-order valence-electron chi connectivity index (χ1n) is 6.85. The molecule has 0 aliphatic heterocycles. The molecule has 3 nitrogen and oxygen atoms in total. The average molecular weight is 248 g/mol. The average Bonchev–Trinajstić information content (AvgIpc) is 3.20. The summed E-state index contributed by atoms with van der Waals surface area (Å²) in [7, 11) is 1.78. The van der Waals surface area contributed by atoms with Gasteiger partial charge < -0.3 is 4.74 Å². The number of hydrazine groups is 1. The maximum Gasteiger partial charge on any atom is 0.0740 e. The zero-order valence-electron chi connectivity index (χ0n) is 11.3. The third kappa shape index (κ3) is 2.91. The molecule has 0 saturated heterocycles. The molecular weight excluding hydrogens is 224 g/mol. The van der Waals surface area contributed by atoms with Crippen molar-refractivity contribution in [2.45, 2.75) is 44.2 Å². The van der Waals surface area contributed by atoms with Crippen molar-refractivity contribution < 1.29 is 4.74 Å². The fourth-order valence-electron chi connectivity index (χ4n) is 2.93. The third-order valence-electron chi connectivity index (χ3n) is 4.00. The molecule has 18 heavy (non-hydrogen) atoms. The molecule has 1 aromatic carbocycles. The van der Waals surface area contributed by atoms with Crippen LogP contribution >= 0.6 is 0 Å². The molecule has 2 rings (SSSR count). The van der Waals surface area contributed by atoms with E-state index in [9.17, 15) is 0 Å². The first-order valence-corrected chi connectivity index (χ1v) is 6.85. The molecule has 100 valence electrons. The van der Waals surface area contributed by atoms with Crippen LogP contribution in [0.3, 0.4) is 0 Å². The Morgan fingerprint density at radius 1 is 1.39 bits per heavy atom. The quantitative estimate of drug-likeness (QED) is 0.575. The predicted octanol–water partition coefficient (Wildman–Crippen LogP) is 2.44. The monoisotopic (exact) mass is 248 g/mol. The summed E-state index contributed by atoms with van der Waals surface area (Å²) in [6, 6.07) is 11.0. The summed E-state index contributed by atoms with van der Waals surface area (Å²) >= 11 is 0. The van der Waals surface area contributed by atoms with E-state index in [1.807, 2.05) is 0 Å². The Bertz CT molecular complexity index is 355. The van der Waals surface area contributed by atoms with Crippen molar-refractivity contribution >= 4 is 0 Å². The zero-order valence-corrected chi connectivity index (χ0v) is 11.3. The number of benzene rings is 1. The van der Waals surface area contributed by atoms with E-state index in [1.165, 1.54) is 12.0 Å². The third-order valence-corrected chi connectivity index (χ3v) is 4.00. The normalized spacial score (nSPS) is 25.7. The predicted molar refractivity (Wildman–Crippen MR) is 74.1 cm³/mol. The maximum absolute atomic E-state index is 5.73. The molecule has 3 heteroatoms.